The van der Waals surface area contributed by atoms with Gasteiger partial charge in [-0.25, -0.2) is 0 Å². The highest BCUT2D eigenvalue weighted by molar-refractivity contribution is 5.57. The standard InChI is InChI=1S/C15H21NO2/c1-3-18-15-7-5-4-6-13(15)8-9-14-11-17-10-12(2)16-14/h4-9,12,14,16H,3,10-11H2,1-2H3/b9-8+. The Morgan fingerprint density at radius 2 is 2.22 bits per heavy atom. The zero-order valence-electron chi connectivity index (χ0n) is 11.1. The molecule has 1 aliphatic rings. The summed E-state index contributed by atoms with van der Waals surface area (Å²) in [5, 5.41) is 3.49. The summed E-state index contributed by atoms with van der Waals surface area (Å²) < 4.78 is 11.1. The predicted octanol–water partition coefficient (Wildman–Crippen LogP) is 2.48. The predicted molar refractivity (Wildman–Crippen MR) is 73.8 cm³/mol. The van der Waals surface area contributed by atoms with E-state index in [1.54, 1.807) is 0 Å². The Labute approximate surface area is 109 Å². The molecule has 2 rings (SSSR count). The molecule has 2 unspecified atom stereocenters. The Morgan fingerprint density at radius 1 is 1.39 bits per heavy atom. The fourth-order valence-corrected chi connectivity index (χ4v) is 2.07. The summed E-state index contributed by atoms with van der Waals surface area (Å²) in [7, 11) is 0. The highest BCUT2D eigenvalue weighted by Crippen LogP contribution is 2.19. The first-order valence-electron chi connectivity index (χ1n) is 6.53. The van der Waals surface area contributed by atoms with Crippen LogP contribution in [-0.2, 0) is 4.74 Å². The van der Waals surface area contributed by atoms with Gasteiger partial charge in [-0.2, -0.15) is 0 Å². The molecule has 0 aromatic heterocycles. The highest BCUT2D eigenvalue weighted by Gasteiger charge is 2.15. The topological polar surface area (TPSA) is 30.5 Å². The molecule has 0 saturated carbocycles. The molecule has 3 nitrogen and oxygen atoms in total. The Hall–Kier alpha value is -1.32. The Balaban J connectivity index is 2.03. The number of para-hydroxylation sites is 1. The number of rotatable bonds is 4. The number of benzene rings is 1. The maximum atomic E-state index is 5.60. The smallest absolute Gasteiger partial charge is 0.126 e. The van der Waals surface area contributed by atoms with Crippen molar-refractivity contribution in [3.63, 3.8) is 0 Å². The van der Waals surface area contributed by atoms with E-state index in [-0.39, 0.29) is 6.04 Å². The quantitative estimate of drug-likeness (QED) is 0.886. The summed E-state index contributed by atoms with van der Waals surface area (Å²) in [5.41, 5.74) is 1.11. The van der Waals surface area contributed by atoms with E-state index in [1.165, 1.54) is 0 Å². The Bertz CT molecular complexity index is 403. The second-order valence-electron chi connectivity index (χ2n) is 4.54. The van der Waals surface area contributed by atoms with Crippen LogP contribution in [0.2, 0.25) is 0 Å². The van der Waals surface area contributed by atoms with E-state index in [2.05, 4.69) is 30.5 Å². The first kappa shape index (κ1) is 13.1. The molecule has 98 valence electrons. The summed E-state index contributed by atoms with van der Waals surface area (Å²) in [4.78, 5) is 0. The van der Waals surface area contributed by atoms with Crippen molar-refractivity contribution in [3.8, 4) is 5.75 Å². The van der Waals surface area contributed by atoms with E-state index < -0.39 is 0 Å². The molecule has 1 aromatic carbocycles. The molecule has 0 aliphatic carbocycles. The van der Waals surface area contributed by atoms with Crippen LogP contribution in [0.5, 0.6) is 5.75 Å². The van der Waals surface area contributed by atoms with Gasteiger partial charge in [-0.1, -0.05) is 30.4 Å². The molecule has 0 bridgehead atoms. The van der Waals surface area contributed by atoms with Crippen molar-refractivity contribution < 1.29 is 9.47 Å². The monoisotopic (exact) mass is 247 g/mol. The zero-order valence-corrected chi connectivity index (χ0v) is 11.1. The lowest BCUT2D eigenvalue weighted by Crippen LogP contribution is -2.46. The molecule has 0 spiro atoms. The van der Waals surface area contributed by atoms with Crippen LogP contribution in [0.4, 0.5) is 0 Å². The molecule has 18 heavy (non-hydrogen) atoms. The lowest BCUT2D eigenvalue weighted by molar-refractivity contribution is 0.0637. The number of morpholine rings is 1. The Kier molecular flexibility index (Phi) is 4.79. The average Bonchev–Trinajstić information content (AvgIpc) is 2.38. The van der Waals surface area contributed by atoms with Gasteiger partial charge in [-0.05, 0) is 19.9 Å². The van der Waals surface area contributed by atoms with Gasteiger partial charge in [0.1, 0.15) is 5.75 Å². The third-order valence-electron chi connectivity index (χ3n) is 2.89. The van der Waals surface area contributed by atoms with E-state index in [1.807, 2.05) is 25.1 Å². The van der Waals surface area contributed by atoms with Crippen molar-refractivity contribution in [2.75, 3.05) is 19.8 Å². The lowest BCUT2D eigenvalue weighted by Gasteiger charge is -2.26. The van der Waals surface area contributed by atoms with Crippen molar-refractivity contribution in [2.24, 2.45) is 0 Å². The molecule has 0 amide bonds. The van der Waals surface area contributed by atoms with E-state index in [4.69, 9.17) is 9.47 Å². The molecule has 1 heterocycles. The van der Waals surface area contributed by atoms with Crippen LogP contribution in [0.25, 0.3) is 6.08 Å². The summed E-state index contributed by atoms with van der Waals surface area (Å²) in [6.07, 6.45) is 4.25. The lowest BCUT2D eigenvalue weighted by atomic mass is 10.1. The summed E-state index contributed by atoms with van der Waals surface area (Å²) in [6.45, 7) is 6.34. The Morgan fingerprint density at radius 3 is 3.00 bits per heavy atom. The van der Waals surface area contributed by atoms with E-state index in [0.717, 1.165) is 24.5 Å². The first-order chi connectivity index (χ1) is 8.79. The molecule has 1 aromatic rings. The summed E-state index contributed by atoms with van der Waals surface area (Å²) in [6, 6.07) is 8.77. The van der Waals surface area contributed by atoms with E-state index in [9.17, 15) is 0 Å². The maximum Gasteiger partial charge on any atom is 0.126 e. The van der Waals surface area contributed by atoms with Gasteiger partial charge < -0.3 is 14.8 Å². The van der Waals surface area contributed by atoms with Crippen LogP contribution in [0.3, 0.4) is 0 Å². The van der Waals surface area contributed by atoms with Gasteiger partial charge in [-0.15, -0.1) is 0 Å². The summed E-state index contributed by atoms with van der Waals surface area (Å²) >= 11 is 0. The average molecular weight is 247 g/mol. The second-order valence-corrected chi connectivity index (χ2v) is 4.54. The van der Waals surface area contributed by atoms with Gasteiger partial charge in [0.15, 0.2) is 0 Å². The van der Waals surface area contributed by atoms with Crippen LogP contribution in [-0.4, -0.2) is 31.9 Å². The van der Waals surface area contributed by atoms with Crippen LogP contribution >= 0.6 is 0 Å². The van der Waals surface area contributed by atoms with Gasteiger partial charge in [-0.3, -0.25) is 0 Å². The normalized spacial score (nSPS) is 24.3. The maximum absolute atomic E-state index is 5.60. The van der Waals surface area contributed by atoms with Gasteiger partial charge >= 0.3 is 0 Å². The third-order valence-corrected chi connectivity index (χ3v) is 2.89. The van der Waals surface area contributed by atoms with Crippen LogP contribution in [0, 0.1) is 0 Å². The van der Waals surface area contributed by atoms with Crippen LogP contribution < -0.4 is 10.1 Å². The number of nitrogens with one attached hydrogen (secondary N) is 1. The molecule has 3 heteroatoms. The fraction of sp³-hybridized carbons (Fsp3) is 0.467. The molecule has 1 fully saturated rings. The largest absolute Gasteiger partial charge is 0.493 e. The number of ether oxygens (including phenoxy) is 2. The van der Waals surface area contributed by atoms with E-state index >= 15 is 0 Å². The number of hydrogen-bond acceptors (Lipinski definition) is 3. The summed E-state index contributed by atoms with van der Waals surface area (Å²) in [5.74, 6) is 0.932. The molecule has 0 radical (unpaired) electrons. The van der Waals surface area contributed by atoms with Gasteiger partial charge in [0.2, 0.25) is 0 Å². The second kappa shape index (κ2) is 6.57. The van der Waals surface area contributed by atoms with Crippen LogP contribution in [0.1, 0.15) is 19.4 Å². The molecule has 1 N–H and O–H groups in total. The first-order valence-corrected chi connectivity index (χ1v) is 6.53. The molecule has 1 saturated heterocycles. The third kappa shape index (κ3) is 3.59. The molecular formula is C15H21NO2. The molecule has 2 atom stereocenters. The van der Waals surface area contributed by atoms with Gasteiger partial charge in [0.25, 0.3) is 0 Å². The van der Waals surface area contributed by atoms with Crippen molar-refractivity contribution in [1.82, 2.24) is 5.32 Å². The number of hydrogen-bond donors (Lipinski definition) is 1. The SMILES string of the molecule is CCOc1ccccc1/C=C/C1COCC(C)N1. The van der Waals surface area contributed by atoms with Crippen molar-refractivity contribution in [2.45, 2.75) is 25.9 Å². The van der Waals surface area contributed by atoms with Gasteiger partial charge in [0.05, 0.1) is 19.8 Å². The minimum absolute atomic E-state index is 0.281. The van der Waals surface area contributed by atoms with Gasteiger partial charge in [0, 0.05) is 17.6 Å². The van der Waals surface area contributed by atoms with Crippen molar-refractivity contribution in [1.29, 1.82) is 0 Å². The minimum Gasteiger partial charge on any atom is -0.493 e. The zero-order chi connectivity index (χ0) is 12.8. The highest BCUT2D eigenvalue weighted by atomic mass is 16.5. The minimum atomic E-state index is 0.281. The van der Waals surface area contributed by atoms with E-state index in [0.29, 0.717) is 12.6 Å². The van der Waals surface area contributed by atoms with Crippen LogP contribution in [0.15, 0.2) is 30.3 Å². The fourth-order valence-electron chi connectivity index (χ4n) is 2.07. The molecular weight excluding hydrogens is 226 g/mol. The molecule has 1 aliphatic heterocycles. The van der Waals surface area contributed by atoms with Crippen molar-refractivity contribution in [3.05, 3.63) is 35.9 Å². The van der Waals surface area contributed by atoms with Crippen molar-refractivity contribution >= 4 is 6.08 Å².